The number of thioether (sulfide) groups is 1. The first-order valence-corrected chi connectivity index (χ1v) is 13.1. The number of unbranched alkanes of at least 4 members (excludes halogenated alkanes) is 1. The zero-order chi connectivity index (χ0) is 24.9. The van der Waals surface area contributed by atoms with Crippen LogP contribution in [0.3, 0.4) is 0 Å². The molecule has 2 aromatic heterocycles. The Kier molecular flexibility index (Phi) is 7.01. The van der Waals surface area contributed by atoms with Gasteiger partial charge >= 0.3 is 0 Å². The molecule has 0 aliphatic heterocycles. The third-order valence-corrected chi connectivity index (χ3v) is 7.20. The Bertz CT molecular complexity index is 1550. The van der Waals surface area contributed by atoms with Gasteiger partial charge in [0, 0.05) is 29.3 Å². The Morgan fingerprint density at radius 1 is 1.00 bits per heavy atom. The van der Waals surface area contributed by atoms with E-state index >= 15 is 0 Å². The monoisotopic (exact) mass is 489 g/mol. The number of rotatable bonds is 8. The van der Waals surface area contributed by atoms with Gasteiger partial charge < -0.3 is 4.57 Å². The van der Waals surface area contributed by atoms with Gasteiger partial charge in [0.1, 0.15) is 6.07 Å². The van der Waals surface area contributed by atoms with Gasteiger partial charge in [0.15, 0.2) is 5.82 Å². The van der Waals surface area contributed by atoms with E-state index in [1.807, 2.05) is 94.9 Å². The summed E-state index contributed by atoms with van der Waals surface area (Å²) in [5, 5.41) is 15.0. The van der Waals surface area contributed by atoms with Crippen molar-refractivity contribution >= 4 is 34.4 Å². The van der Waals surface area contributed by atoms with E-state index in [4.69, 9.17) is 10.1 Å². The number of hydrogen-bond donors (Lipinski definition) is 0. The van der Waals surface area contributed by atoms with Crippen LogP contribution in [0.25, 0.3) is 39.6 Å². The van der Waals surface area contributed by atoms with Gasteiger partial charge in [0.25, 0.3) is 0 Å². The van der Waals surface area contributed by atoms with E-state index in [2.05, 4.69) is 37.3 Å². The normalized spacial score (nSPS) is 11.6. The van der Waals surface area contributed by atoms with Gasteiger partial charge in [-0.1, -0.05) is 55.8 Å². The summed E-state index contributed by atoms with van der Waals surface area (Å²) in [7, 11) is 1.94. The number of aryl methyl sites for hydroxylation is 1. The van der Waals surface area contributed by atoms with Crippen molar-refractivity contribution in [3.05, 3.63) is 96.4 Å². The average Bonchev–Trinajstić information content (AvgIpc) is 3.50. The molecule has 0 radical (unpaired) electrons. The maximum absolute atomic E-state index is 10.1. The maximum Gasteiger partial charge on any atom is 0.151 e. The van der Waals surface area contributed by atoms with Crippen molar-refractivity contribution in [2.45, 2.75) is 24.7 Å². The van der Waals surface area contributed by atoms with Gasteiger partial charge in [-0.25, -0.2) is 9.67 Å². The molecule has 0 saturated heterocycles. The van der Waals surface area contributed by atoms with Crippen molar-refractivity contribution in [1.82, 2.24) is 19.3 Å². The molecule has 5 nitrogen and oxygen atoms in total. The van der Waals surface area contributed by atoms with Crippen LogP contribution in [0.2, 0.25) is 0 Å². The molecular formula is C30H27N5S. The van der Waals surface area contributed by atoms with Crippen molar-refractivity contribution in [3.63, 3.8) is 0 Å². The maximum atomic E-state index is 10.1. The highest BCUT2D eigenvalue weighted by Gasteiger charge is 2.16. The lowest BCUT2D eigenvalue weighted by atomic mass is 10.1. The van der Waals surface area contributed by atoms with Crippen molar-refractivity contribution in [2.24, 2.45) is 7.05 Å². The highest BCUT2D eigenvalue weighted by molar-refractivity contribution is 7.99. The lowest BCUT2D eigenvalue weighted by Gasteiger charge is -2.04. The van der Waals surface area contributed by atoms with Crippen LogP contribution < -0.4 is 0 Å². The predicted molar refractivity (Wildman–Crippen MR) is 149 cm³/mol. The third kappa shape index (κ3) is 4.84. The van der Waals surface area contributed by atoms with Crippen molar-refractivity contribution in [2.75, 3.05) is 5.75 Å². The summed E-state index contributed by atoms with van der Waals surface area (Å²) >= 11 is 1.88. The summed E-state index contributed by atoms with van der Waals surface area (Å²) in [5.41, 5.74) is 6.03. The summed E-state index contributed by atoms with van der Waals surface area (Å²) in [5.74, 6) is 1.76. The molecule has 0 saturated carbocycles. The summed E-state index contributed by atoms with van der Waals surface area (Å²) in [4.78, 5) is 5.99. The molecule has 3 aromatic carbocycles. The lowest BCUT2D eigenvalue weighted by Crippen LogP contribution is -1.96. The SMILES string of the molecule is CCCCSc1ccc(-c2nn(-c3ccccc3)cc2/C=C(/C#N)c2nc3ccccc3n2C)cc1. The average molecular weight is 490 g/mol. The summed E-state index contributed by atoms with van der Waals surface area (Å²) in [6, 6.07) is 28.9. The van der Waals surface area contributed by atoms with Crippen LogP contribution in [-0.4, -0.2) is 25.1 Å². The van der Waals surface area contributed by atoms with Crippen LogP contribution in [0, 0.1) is 11.3 Å². The first-order chi connectivity index (χ1) is 17.7. The minimum atomic E-state index is 0.495. The summed E-state index contributed by atoms with van der Waals surface area (Å²) in [6.07, 6.45) is 6.29. The Balaban J connectivity index is 1.59. The van der Waals surface area contributed by atoms with Gasteiger partial charge in [-0.3, -0.25) is 0 Å². The lowest BCUT2D eigenvalue weighted by molar-refractivity contribution is 0.884. The van der Waals surface area contributed by atoms with E-state index in [0.29, 0.717) is 11.4 Å². The number of imidazole rings is 1. The van der Waals surface area contributed by atoms with Crippen LogP contribution in [0.4, 0.5) is 0 Å². The minimum Gasteiger partial charge on any atom is -0.327 e. The van der Waals surface area contributed by atoms with Gasteiger partial charge in [-0.15, -0.1) is 11.8 Å². The summed E-state index contributed by atoms with van der Waals surface area (Å²) in [6.45, 7) is 2.21. The second-order valence-electron chi connectivity index (χ2n) is 8.59. The molecule has 0 atom stereocenters. The Labute approximate surface area is 215 Å². The molecule has 178 valence electrons. The quantitative estimate of drug-likeness (QED) is 0.130. The highest BCUT2D eigenvalue weighted by Crippen LogP contribution is 2.30. The topological polar surface area (TPSA) is 59.4 Å². The molecule has 0 N–H and O–H groups in total. The molecule has 6 heteroatoms. The second kappa shape index (κ2) is 10.7. The number of nitrogens with zero attached hydrogens (tertiary/aromatic N) is 5. The zero-order valence-electron chi connectivity index (χ0n) is 20.4. The number of hydrogen-bond acceptors (Lipinski definition) is 4. The molecule has 5 rings (SSSR count). The van der Waals surface area contributed by atoms with Gasteiger partial charge in [-0.2, -0.15) is 10.4 Å². The molecule has 0 unspecified atom stereocenters. The molecule has 36 heavy (non-hydrogen) atoms. The zero-order valence-corrected chi connectivity index (χ0v) is 21.2. The highest BCUT2D eigenvalue weighted by atomic mass is 32.2. The number of nitriles is 1. The number of para-hydroxylation sites is 3. The van der Waals surface area contributed by atoms with E-state index in [9.17, 15) is 5.26 Å². The van der Waals surface area contributed by atoms with E-state index in [1.54, 1.807) is 0 Å². The molecule has 2 heterocycles. The standard InChI is InChI=1S/C30H27N5S/c1-3-4-18-36-26-16-14-22(15-17-26)29-24(21-35(33-29)25-10-6-5-7-11-25)19-23(20-31)30-32-27-12-8-9-13-28(27)34(30)2/h5-17,19,21H,3-4,18H2,1-2H3/b23-19-. The van der Waals surface area contributed by atoms with Gasteiger partial charge in [-0.05, 0) is 54.6 Å². The Hall–Kier alpha value is -4.08. The predicted octanol–water partition coefficient (Wildman–Crippen LogP) is 7.38. The van der Waals surface area contributed by atoms with E-state index < -0.39 is 0 Å². The van der Waals surface area contributed by atoms with Crippen LogP contribution in [-0.2, 0) is 7.05 Å². The molecular weight excluding hydrogens is 462 g/mol. The van der Waals surface area contributed by atoms with Crippen molar-refractivity contribution in [1.29, 1.82) is 5.26 Å². The Morgan fingerprint density at radius 3 is 2.47 bits per heavy atom. The molecule has 5 aromatic rings. The third-order valence-electron chi connectivity index (χ3n) is 6.11. The van der Waals surface area contributed by atoms with Crippen LogP contribution >= 0.6 is 11.8 Å². The second-order valence-corrected chi connectivity index (χ2v) is 9.76. The largest absolute Gasteiger partial charge is 0.327 e. The molecule has 0 aliphatic rings. The number of fused-ring (bicyclic) bond motifs is 1. The summed E-state index contributed by atoms with van der Waals surface area (Å²) < 4.78 is 3.84. The smallest absolute Gasteiger partial charge is 0.151 e. The van der Waals surface area contributed by atoms with Crippen LogP contribution in [0.1, 0.15) is 31.2 Å². The Morgan fingerprint density at radius 2 is 1.75 bits per heavy atom. The van der Waals surface area contributed by atoms with Crippen LogP contribution in [0.5, 0.6) is 0 Å². The van der Waals surface area contributed by atoms with Crippen molar-refractivity contribution < 1.29 is 0 Å². The molecule has 0 amide bonds. The fourth-order valence-corrected chi connectivity index (χ4v) is 5.16. The van der Waals surface area contributed by atoms with Crippen molar-refractivity contribution in [3.8, 4) is 23.0 Å². The fraction of sp³-hybridized carbons (Fsp3) is 0.167. The minimum absolute atomic E-state index is 0.495. The molecule has 0 spiro atoms. The number of benzene rings is 3. The number of aromatic nitrogens is 4. The number of allylic oxidation sites excluding steroid dienone is 1. The first kappa shape index (κ1) is 23.7. The van der Waals surface area contributed by atoms with Gasteiger partial charge in [0.05, 0.1) is 28.0 Å². The van der Waals surface area contributed by atoms with Gasteiger partial charge in [0.2, 0.25) is 0 Å². The molecule has 0 aliphatic carbocycles. The van der Waals surface area contributed by atoms with Crippen LogP contribution in [0.15, 0.2) is 90.0 Å². The fourth-order valence-electron chi connectivity index (χ4n) is 4.16. The van der Waals surface area contributed by atoms with E-state index in [1.165, 1.54) is 17.7 Å². The van der Waals surface area contributed by atoms with E-state index in [0.717, 1.165) is 39.3 Å². The molecule has 0 fully saturated rings. The molecule has 0 bridgehead atoms. The van der Waals surface area contributed by atoms with E-state index in [-0.39, 0.29) is 0 Å². The first-order valence-electron chi connectivity index (χ1n) is 12.1.